The number of hydrogen-bond acceptors (Lipinski definition) is 6. The SMILES string of the molecule is CCN(CCC#N)c1nc(Cl)nc(NC)n1. The van der Waals surface area contributed by atoms with Gasteiger partial charge in [-0.2, -0.15) is 20.2 Å². The van der Waals surface area contributed by atoms with Gasteiger partial charge in [-0.25, -0.2) is 0 Å². The summed E-state index contributed by atoms with van der Waals surface area (Å²) in [6, 6.07) is 2.08. The van der Waals surface area contributed by atoms with Crippen molar-refractivity contribution in [3.63, 3.8) is 0 Å². The molecule has 0 bridgehead atoms. The summed E-state index contributed by atoms with van der Waals surface area (Å²) >= 11 is 5.77. The van der Waals surface area contributed by atoms with E-state index >= 15 is 0 Å². The molecule has 0 saturated heterocycles. The van der Waals surface area contributed by atoms with Gasteiger partial charge in [0.1, 0.15) is 0 Å². The van der Waals surface area contributed by atoms with E-state index in [1.807, 2.05) is 11.8 Å². The molecule has 0 atom stereocenters. The fraction of sp³-hybridized carbons (Fsp3) is 0.556. The Morgan fingerprint density at radius 3 is 2.75 bits per heavy atom. The molecule has 0 amide bonds. The van der Waals surface area contributed by atoms with Crippen LogP contribution >= 0.6 is 11.6 Å². The maximum Gasteiger partial charge on any atom is 0.231 e. The fourth-order valence-electron chi connectivity index (χ4n) is 1.18. The number of hydrogen-bond donors (Lipinski definition) is 1. The summed E-state index contributed by atoms with van der Waals surface area (Å²) in [6.45, 7) is 3.26. The number of nitrogens with one attached hydrogen (secondary N) is 1. The van der Waals surface area contributed by atoms with E-state index in [9.17, 15) is 0 Å². The third-order valence-electron chi connectivity index (χ3n) is 1.98. The Hall–Kier alpha value is -1.61. The summed E-state index contributed by atoms with van der Waals surface area (Å²) in [5, 5.41) is 11.5. The van der Waals surface area contributed by atoms with Gasteiger partial charge in [0.2, 0.25) is 17.2 Å². The van der Waals surface area contributed by atoms with Gasteiger partial charge >= 0.3 is 0 Å². The van der Waals surface area contributed by atoms with E-state index in [2.05, 4.69) is 26.3 Å². The van der Waals surface area contributed by atoms with Crippen molar-refractivity contribution in [2.45, 2.75) is 13.3 Å². The normalized spacial score (nSPS) is 9.62. The third kappa shape index (κ3) is 3.21. The van der Waals surface area contributed by atoms with E-state index in [0.717, 1.165) is 0 Å². The number of aromatic nitrogens is 3. The molecule has 1 heterocycles. The van der Waals surface area contributed by atoms with Gasteiger partial charge in [-0.1, -0.05) is 0 Å². The first kappa shape index (κ1) is 12.5. The average Bonchev–Trinajstić information content (AvgIpc) is 2.29. The zero-order valence-electron chi connectivity index (χ0n) is 9.24. The van der Waals surface area contributed by atoms with Crippen LogP contribution in [0.2, 0.25) is 5.28 Å². The predicted octanol–water partition coefficient (Wildman–Crippen LogP) is 1.31. The Morgan fingerprint density at radius 2 is 2.19 bits per heavy atom. The van der Waals surface area contributed by atoms with E-state index in [-0.39, 0.29) is 5.28 Å². The largest absolute Gasteiger partial charge is 0.357 e. The van der Waals surface area contributed by atoms with Crippen molar-refractivity contribution in [1.82, 2.24) is 15.0 Å². The molecule has 0 saturated carbocycles. The summed E-state index contributed by atoms with van der Waals surface area (Å²) in [6.07, 6.45) is 0.423. The van der Waals surface area contributed by atoms with E-state index in [4.69, 9.17) is 16.9 Å². The van der Waals surface area contributed by atoms with Crippen LogP contribution in [-0.2, 0) is 0 Å². The van der Waals surface area contributed by atoms with Gasteiger partial charge in [0.25, 0.3) is 0 Å². The predicted molar refractivity (Wildman–Crippen MR) is 62.5 cm³/mol. The lowest BCUT2D eigenvalue weighted by atomic mass is 10.4. The van der Waals surface area contributed by atoms with Gasteiger partial charge in [0.15, 0.2) is 0 Å². The lowest BCUT2D eigenvalue weighted by molar-refractivity contribution is 0.785. The van der Waals surface area contributed by atoms with Crippen LogP contribution in [0.25, 0.3) is 0 Å². The maximum absolute atomic E-state index is 8.54. The molecule has 1 aromatic heterocycles. The molecule has 7 heteroatoms. The minimum atomic E-state index is 0.143. The second-order valence-electron chi connectivity index (χ2n) is 2.97. The highest BCUT2D eigenvalue weighted by atomic mass is 35.5. The van der Waals surface area contributed by atoms with Crippen LogP contribution in [-0.4, -0.2) is 35.1 Å². The van der Waals surface area contributed by atoms with Gasteiger partial charge in [0.05, 0.1) is 12.5 Å². The molecule has 6 nitrogen and oxygen atoms in total. The second kappa shape index (κ2) is 6.08. The van der Waals surface area contributed by atoms with Crippen LogP contribution < -0.4 is 10.2 Å². The second-order valence-corrected chi connectivity index (χ2v) is 3.30. The molecule has 0 aliphatic heterocycles. The highest BCUT2D eigenvalue weighted by Crippen LogP contribution is 2.13. The smallest absolute Gasteiger partial charge is 0.231 e. The van der Waals surface area contributed by atoms with Crippen LogP contribution in [0.15, 0.2) is 0 Å². The number of nitrogens with zero attached hydrogens (tertiary/aromatic N) is 5. The molecule has 0 aliphatic carbocycles. The number of anilines is 2. The highest BCUT2D eigenvalue weighted by molar-refractivity contribution is 6.28. The standard InChI is InChI=1S/C9H13ClN6/c1-3-16(6-4-5-11)9-14-7(10)13-8(12-2)15-9/h3-4,6H2,1-2H3,(H,12,13,14,15). The van der Waals surface area contributed by atoms with Crippen LogP contribution in [0.4, 0.5) is 11.9 Å². The summed E-state index contributed by atoms with van der Waals surface area (Å²) in [7, 11) is 1.71. The van der Waals surface area contributed by atoms with Crippen molar-refractivity contribution >= 4 is 23.5 Å². The zero-order valence-corrected chi connectivity index (χ0v) is 9.99. The first-order valence-corrected chi connectivity index (χ1v) is 5.30. The van der Waals surface area contributed by atoms with Crippen LogP contribution in [0.3, 0.4) is 0 Å². The Labute approximate surface area is 99.3 Å². The molecule has 16 heavy (non-hydrogen) atoms. The molecular weight excluding hydrogens is 228 g/mol. The minimum Gasteiger partial charge on any atom is -0.357 e. The minimum absolute atomic E-state index is 0.143. The lowest BCUT2D eigenvalue weighted by Crippen LogP contribution is -2.26. The van der Waals surface area contributed by atoms with Gasteiger partial charge in [-0.05, 0) is 18.5 Å². The van der Waals surface area contributed by atoms with Crippen molar-refractivity contribution in [2.75, 3.05) is 30.4 Å². The highest BCUT2D eigenvalue weighted by Gasteiger charge is 2.10. The number of rotatable bonds is 5. The van der Waals surface area contributed by atoms with Crippen molar-refractivity contribution in [3.8, 4) is 6.07 Å². The molecule has 86 valence electrons. The topological polar surface area (TPSA) is 77.7 Å². The Bertz CT molecular complexity index is 388. The average molecular weight is 241 g/mol. The fourth-order valence-corrected chi connectivity index (χ4v) is 1.33. The first-order valence-electron chi connectivity index (χ1n) is 4.92. The first-order chi connectivity index (χ1) is 7.71. The zero-order chi connectivity index (χ0) is 12.0. The van der Waals surface area contributed by atoms with Crippen LogP contribution in [0.1, 0.15) is 13.3 Å². The maximum atomic E-state index is 8.54. The summed E-state index contributed by atoms with van der Waals surface area (Å²) in [4.78, 5) is 14.0. The Kier molecular flexibility index (Phi) is 4.73. The van der Waals surface area contributed by atoms with Crippen LogP contribution in [0.5, 0.6) is 0 Å². The third-order valence-corrected chi connectivity index (χ3v) is 2.15. The summed E-state index contributed by atoms with van der Waals surface area (Å²) < 4.78 is 0. The summed E-state index contributed by atoms with van der Waals surface area (Å²) in [5.74, 6) is 0.910. The van der Waals surface area contributed by atoms with Crippen molar-refractivity contribution in [2.24, 2.45) is 0 Å². The molecule has 1 aromatic rings. The van der Waals surface area contributed by atoms with Crippen molar-refractivity contribution in [1.29, 1.82) is 5.26 Å². The number of halogens is 1. The molecular formula is C9H13ClN6. The van der Waals surface area contributed by atoms with Crippen molar-refractivity contribution < 1.29 is 0 Å². The van der Waals surface area contributed by atoms with E-state index < -0.39 is 0 Å². The molecule has 0 spiro atoms. The van der Waals surface area contributed by atoms with E-state index in [0.29, 0.717) is 31.4 Å². The molecule has 0 fully saturated rings. The van der Waals surface area contributed by atoms with Gasteiger partial charge in [-0.3, -0.25) is 0 Å². The van der Waals surface area contributed by atoms with Crippen LogP contribution in [0, 0.1) is 11.3 Å². The quantitative estimate of drug-likeness (QED) is 0.836. The van der Waals surface area contributed by atoms with Gasteiger partial charge in [0, 0.05) is 20.1 Å². The molecule has 1 rings (SSSR count). The van der Waals surface area contributed by atoms with Crippen molar-refractivity contribution in [3.05, 3.63) is 5.28 Å². The molecule has 0 radical (unpaired) electrons. The summed E-state index contributed by atoms with van der Waals surface area (Å²) in [5.41, 5.74) is 0. The Balaban J connectivity index is 2.91. The molecule has 0 aliphatic rings. The molecule has 0 aromatic carbocycles. The van der Waals surface area contributed by atoms with E-state index in [1.54, 1.807) is 7.05 Å². The van der Waals surface area contributed by atoms with E-state index in [1.165, 1.54) is 0 Å². The Morgan fingerprint density at radius 1 is 1.44 bits per heavy atom. The molecule has 1 N–H and O–H groups in total. The monoisotopic (exact) mass is 240 g/mol. The van der Waals surface area contributed by atoms with Gasteiger partial charge < -0.3 is 10.2 Å². The lowest BCUT2D eigenvalue weighted by Gasteiger charge is -2.19. The van der Waals surface area contributed by atoms with Gasteiger partial charge in [-0.15, -0.1) is 0 Å². The molecule has 0 unspecified atom stereocenters. The number of nitriles is 1.